The van der Waals surface area contributed by atoms with Crippen LogP contribution in [0.1, 0.15) is 32.1 Å². The quantitative estimate of drug-likeness (QED) is 0.707. The van der Waals surface area contributed by atoms with E-state index in [9.17, 15) is 13.2 Å². The predicted molar refractivity (Wildman–Crippen MR) is 78.2 cm³/mol. The molecule has 21 heavy (non-hydrogen) atoms. The lowest BCUT2D eigenvalue weighted by atomic mass is 10.1. The highest BCUT2D eigenvalue weighted by atomic mass is 32.2. The van der Waals surface area contributed by atoms with Gasteiger partial charge in [0.25, 0.3) is 0 Å². The summed E-state index contributed by atoms with van der Waals surface area (Å²) >= 11 is 0. The molecule has 3 aliphatic rings. The molecular formula is C14H24N2O4S. The van der Waals surface area contributed by atoms with Crippen LogP contribution in [-0.2, 0) is 19.6 Å². The highest BCUT2D eigenvalue weighted by Crippen LogP contribution is 2.35. The van der Waals surface area contributed by atoms with E-state index in [1.54, 1.807) is 4.31 Å². The van der Waals surface area contributed by atoms with Gasteiger partial charge in [-0.2, -0.15) is 4.31 Å². The van der Waals surface area contributed by atoms with E-state index < -0.39 is 21.2 Å². The summed E-state index contributed by atoms with van der Waals surface area (Å²) in [6.07, 6.45) is 4.23. The van der Waals surface area contributed by atoms with Gasteiger partial charge in [-0.15, -0.1) is 0 Å². The molecule has 0 bridgehead atoms. The van der Waals surface area contributed by atoms with Crippen LogP contribution in [0.3, 0.4) is 0 Å². The molecule has 0 radical (unpaired) electrons. The van der Waals surface area contributed by atoms with E-state index in [1.165, 1.54) is 7.11 Å². The third-order valence-electron chi connectivity index (χ3n) is 5.25. The Labute approximate surface area is 126 Å². The zero-order valence-corrected chi connectivity index (χ0v) is 13.3. The standard InChI is InChI=1S/C14H24N2O4S/c1-20-14(17)12-5-2-6-13(12)21(18,19)16-9-8-15-7-3-4-11(15)10-16/h11-13H,2-10H2,1H3. The van der Waals surface area contributed by atoms with E-state index in [1.807, 2.05) is 0 Å². The van der Waals surface area contributed by atoms with Crippen LogP contribution in [0.2, 0.25) is 0 Å². The first-order chi connectivity index (χ1) is 10.0. The lowest BCUT2D eigenvalue weighted by Crippen LogP contribution is -2.54. The summed E-state index contributed by atoms with van der Waals surface area (Å²) in [5, 5.41) is -0.585. The average molecular weight is 316 g/mol. The maximum absolute atomic E-state index is 12.9. The number of sulfonamides is 1. The highest BCUT2D eigenvalue weighted by Gasteiger charge is 2.46. The maximum Gasteiger partial charge on any atom is 0.310 e. The summed E-state index contributed by atoms with van der Waals surface area (Å²) in [6.45, 7) is 3.06. The van der Waals surface area contributed by atoms with Crippen molar-refractivity contribution < 1.29 is 17.9 Å². The smallest absolute Gasteiger partial charge is 0.310 e. The topological polar surface area (TPSA) is 66.9 Å². The zero-order chi connectivity index (χ0) is 15.0. The van der Waals surface area contributed by atoms with Crippen LogP contribution in [-0.4, -0.2) is 68.2 Å². The molecular weight excluding hydrogens is 292 g/mol. The molecule has 1 aliphatic carbocycles. The summed E-state index contributed by atoms with van der Waals surface area (Å²) < 4.78 is 32.2. The van der Waals surface area contributed by atoms with Gasteiger partial charge >= 0.3 is 5.97 Å². The molecule has 2 aliphatic heterocycles. The molecule has 120 valence electrons. The van der Waals surface area contributed by atoms with Gasteiger partial charge in [-0.3, -0.25) is 9.69 Å². The van der Waals surface area contributed by atoms with Gasteiger partial charge in [0, 0.05) is 25.7 Å². The Balaban J connectivity index is 1.75. The van der Waals surface area contributed by atoms with Crippen molar-refractivity contribution >= 4 is 16.0 Å². The first-order valence-electron chi connectivity index (χ1n) is 7.85. The Morgan fingerprint density at radius 3 is 2.67 bits per heavy atom. The van der Waals surface area contributed by atoms with Gasteiger partial charge in [-0.05, 0) is 32.2 Å². The number of methoxy groups -OCH3 is 1. The number of nitrogens with zero attached hydrogens (tertiary/aromatic N) is 2. The van der Waals surface area contributed by atoms with Crippen molar-refractivity contribution in [1.29, 1.82) is 0 Å². The molecule has 0 aromatic rings. The zero-order valence-electron chi connectivity index (χ0n) is 12.5. The average Bonchev–Trinajstić information content (AvgIpc) is 3.14. The number of ether oxygens (including phenoxy) is 1. The van der Waals surface area contributed by atoms with Crippen molar-refractivity contribution in [3.05, 3.63) is 0 Å². The van der Waals surface area contributed by atoms with Crippen LogP contribution in [0.4, 0.5) is 0 Å². The van der Waals surface area contributed by atoms with Crippen LogP contribution in [0.5, 0.6) is 0 Å². The molecule has 7 heteroatoms. The molecule has 3 rings (SSSR count). The number of esters is 1. The van der Waals surface area contributed by atoms with E-state index >= 15 is 0 Å². The van der Waals surface area contributed by atoms with Crippen LogP contribution in [0, 0.1) is 5.92 Å². The number of piperazine rings is 1. The first kappa shape index (κ1) is 15.2. The fraction of sp³-hybridized carbons (Fsp3) is 0.929. The summed E-state index contributed by atoms with van der Waals surface area (Å²) in [5.74, 6) is -0.859. The SMILES string of the molecule is COC(=O)C1CCCC1S(=O)(=O)N1CCN2CCCC2C1. The highest BCUT2D eigenvalue weighted by molar-refractivity contribution is 7.89. The van der Waals surface area contributed by atoms with Gasteiger partial charge in [-0.25, -0.2) is 8.42 Å². The van der Waals surface area contributed by atoms with Crippen molar-refractivity contribution in [1.82, 2.24) is 9.21 Å². The molecule has 0 N–H and O–H groups in total. The van der Waals surface area contributed by atoms with Crippen molar-refractivity contribution in [2.24, 2.45) is 5.92 Å². The second kappa shape index (κ2) is 5.85. The molecule has 6 nitrogen and oxygen atoms in total. The third-order valence-corrected chi connectivity index (χ3v) is 7.63. The van der Waals surface area contributed by atoms with Crippen LogP contribution < -0.4 is 0 Å². The summed E-state index contributed by atoms with van der Waals surface area (Å²) in [6, 6.07) is 0.367. The van der Waals surface area contributed by atoms with E-state index in [0.717, 1.165) is 32.4 Å². The van der Waals surface area contributed by atoms with Crippen LogP contribution in [0.15, 0.2) is 0 Å². The van der Waals surface area contributed by atoms with Crippen molar-refractivity contribution in [3.63, 3.8) is 0 Å². The fourth-order valence-electron chi connectivity index (χ4n) is 4.09. The monoisotopic (exact) mass is 316 g/mol. The Hall–Kier alpha value is -0.660. The molecule has 3 unspecified atom stereocenters. The first-order valence-corrected chi connectivity index (χ1v) is 9.35. The number of fused-ring (bicyclic) bond motifs is 1. The van der Waals surface area contributed by atoms with E-state index in [-0.39, 0.29) is 5.97 Å². The normalized spacial score (nSPS) is 34.8. The Bertz CT molecular complexity index is 507. The number of hydrogen-bond donors (Lipinski definition) is 0. The molecule has 3 fully saturated rings. The summed E-state index contributed by atoms with van der Waals surface area (Å²) in [4.78, 5) is 14.2. The summed E-state index contributed by atoms with van der Waals surface area (Å²) in [5.41, 5.74) is 0. The predicted octanol–water partition coefficient (Wildman–Crippen LogP) is 0.438. The second-order valence-corrected chi connectivity index (χ2v) is 8.49. The number of rotatable bonds is 3. The molecule has 0 aromatic heterocycles. The minimum absolute atomic E-state index is 0.367. The molecule has 0 aromatic carbocycles. The van der Waals surface area contributed by atoms with Gasteiger partial charge in [0.05, 0.1) is 18.3 Å². The summed E-state index contributed by atoms with van der Waals surface area (Å²) in [7, 11) is -2.06. The number of carbonyl (C=O) groups is 1. The van der Waals surface area contributed by atoms with E-state index in [0.29, 0.717) is 32.0 Å². The van der Waals surface area contributed by atoms with E-state index in [2.05, 4.69) is 4.90 Å². The Morgan fingerprint density at radius 2 is 1.90 bits per heavy atom. The number of carbonyl (C=O) groups excluding carboxylic acids is 1. The minimum atomic E-state index is -3.40. The molecule has 0 spiro atoms. The molecule has 1 saturated carbocycles. The molecule has 3 atom stereocenters. The second-order valence-electron chi connectivity index (χ2n) is 6.33. The van der Waals surface area contributed by atoms with Gasteiger partial charge in [0.1, 0.15) is 0 Å². The van der Waals surface area contributed by atoms with Gasteiger partial charge in [0.2, 0.25) is 10.0 Å². The van der Waals surface area contributed by atoms with E-state index in [4.69, 9.17) is 4.74 Å². The van der Waals surface area contributed by atoms with Crippen molar-refractivity contribution in [3.8, 4) is 0 Å². The van der Waals surface area contributed by atoms with Gasteiger partial charge in [-0.1, -0.05) is 6.42 Å². The van der Waals surface area contributed by atoms with Crippen LogP contribution in [0.25, 0.3) is 0 Å². The lowest BCUT2D eigenvalue weighted by Gasteiger charge is -2.38. The molecule has 2 heterocycles. The molecule has 0 amide bonds. The lowest BCUT2D eigenvalue weighted by molar-refractivity contribution is -0.145. The Kier molecular flexibility index (Phi) is 4.25. The van der Waals surface area contributed by atoms with Gasteiger partial charge < -0.3 is 4.74 Å². The molecule has 2 saturated heterocycles. The maximum atomic E-state index is 12.9. The Morgan fingerprint density at radius 1 is 1.10 bits per heavy atom. The number of hydrogen-bond acceptors (Lipinski definition) is 5. The van der Waals surface area contributed by atoms with Crippen molar-refractivity contribution in [2.45, 2.75) is 43.4 Å². The third kappa shape index (κ3) is 2.71. The van der Waals surface area contributed by atoms with Gasteiger partial charge in [0.15, 0.2) is 0 Å². The van der Waals surface area contributed by atoms with Crippen LogP contribution >= 0.6 is 0 Å². The largest absolute Gasteiger partial charge is 0.469 e. The minimum Gasteiger partial charge on any atom is -0.469 e. The van der Waals surface area contributed by atoms with Crippen molar-refractivity contribution in [2.75, 3.05) is 33.3 Å². The fourth-order valence-corrected chi connectivity index (χ4v) is 6.31.